The van der Waals surface area contributed by atoms with Crippen LogP contribution in [-0.4, -0.2) is 16.7 Å². The van der Waals surface area contributed by atoms with E-state index in [2.05, 4.69) is 46.4 Å². The molecular weight excluding hydrogens is 430 g/mol. The second-order valence-electron chi connectivity index (χ2n) is 13.6. The monoisotopic (exact) mass is 489 g/mol. The molecule has 0 aromatic heterocycles. The van der Waals surface area contributed by atoms with Crippen LogP contribution < -0.4 is 0 Å². The minimum absolute atomic E-state index is 0. The van der Waals surface area contributed by atoms with Gasteiger partial charge >= 0.3 is 0 Å². The molecule has 3 nitrogen and oxygen atoms in total. The predicted molar refractivity (Wildman–Crippen MR) is 151 cm³/mol. The lowest BCUT2D eigenvalue weighted by atomic mass is 9.33. The summed E-state index contributed by atoms with van der Waals surface area (Å²) >= 11 is 0. The minimum Gasteiger partial charge on any atom is -0.393 e. The fourth-order valence-electron chi connectivity index (χ4n) is 10.7. The van der Waals surface area contributed by atoms with Gasteiger partial charge in [-0.3, -0.25) is 0 Å². The summed E-state index contributed by atoms with van der Waals surface area (Å²) in [4.78, 5) is 12.0. The van der Waals surface area contributed by atoms with Gasteiger partial charge in [-0.05, 0) is 116 Å². The first-order valence-electron chi connectivity index (χ1n) is 14.6. The summed E-state index contributed by atoms with van der Waals surface area (Å²) < 4.78 is 0. The van der Waals surface area contributed by atoms with E-state index in [1.807, 2.05) is 20.8 Å². The summed E-state index contributed by atoms with van der Waals surface area (Å²) in [5.74, 6) is 2.59. The Morgan fingerprint density at radius 3 is 2.03 bits per heavy atom. The highest BCUT2D eigenvalue weighted by atomic mass is 16.3. The summed E-state index contributed by atoms with van der Waals surface area (Å²) in [6.45, 7) is 21.8. The van der Waals surface area contributed by atoms with Crippen molar-refractivity contribution in [1.29, 1.82) is 0 Å². The zero-order valence-corrected chi connectivity index (χ0v) is 23.8. The van der Waals surface area contributed by atoms with Gasteiger partial charge < -0.3 is 5.11 Å². The smallest absolute Gasteiger partial charge is 0.106 e. The van der Waals surface area contributed by atoms with E-state index in [1.54, 1.807) is 6.08 Å². The molecule has 204 valence electrons. The third-order valence-electron chi connectivity index (χ3n) is 12.5. The van der Waals surface area contributed by atoms with Gasteiger partial charge in [0.05, 0.1) is 6.10 Å². The topological polar surface area (TPSA) is 49.7 Å². The van der Waals surface area contributed by atoms with Crippen molar-refractivity contribution in [2.45, 2.75) is 145 Å². The fraction of sp³-hybridized carbons (Fsp3) is 0.938. The Balaban J connectivity index is 0.000000671. The highest BCUT2D eigenvalue weighted by Crippen LogP contribution is 2.76. The molecule has 35 heavy (non-hydrogen) atoms. The number of hydrogen-bond acceptors (Lipinski definition) is 3. The first-order chi connectivity index (χ1) is 16.0. The Morgan fingerprint density at radius 2 is 1.43 bits per heavy atom. The van der Waals surface area contributed by atoms with Crippen molar-refractivity contribution in [1.82, 2.24) is 0 Å². The Bertz CT molecular complexity index is 748. The third kappa shape index (κ3) is 4.18. The van der Waals surface area contributed by atoms with E-state index in [0.29, 0.717) is 34.0 Å². The van der Waals surface area contributed by atoms with E-state index < -0.39 is 0 Å². The third-order valence-corrected chi connectivity index (χ3v) is 12.5. The van der Waals surface area contributed by atoms with Gasteiger partial charge in [-0.2, -0.15) is 4.91 Å². The van der Waals surface area contributed by atoms with Crippen LogP contribution in [0.1, 0.15) is 133 Å². The van der Waals surface area contributed by atoms with E-state index >= 15 is 0 Å². The summed E-state index contributed by atoms with van der Waals surface area (Å²) in [5.41, 5.74) is 0.841. The van der Waals surface area contributed by atoms with Crippen LogP contribution in [0.5, 0.6) is 0 Å². The number of allylic oxidation sites excluding steroid dienone is 1. The van der Waals surface area contributed by atoms with E-state index in [-0.39, 0.29) is 24.5 Å². The summed E-state index contributed by atoms with van der Waals surface area (Å²) in [5, 5.41) is 14.6. The molecule has 5 rings (SSSR count). The van der Waals surface area contributed by atoms with Crippen LogP contribution in [0.3, 0.4) is 0 Å². The number of aliphatic hydroxyl groups is 1. The Labute approximate surface area is 218 Å². The first kappa shape index (κ1) is 30.5. The van der Waals surface area contributed by atoms with Crippen molar-refractivity contribution in [2.24, 2.45) is 50.5 Å². The van der Waals surface area contributed by atoms with Gasteiger partial charge in [0.1, 0.15) is 5.54 Å². The largest absolute Gasteiger partial charge is 0.393 e. The van der Waals surface area contributed by atoms with Crippen LogP contribution in [0, 0.1) is 50.2 Å². The summed E-state index contributed by atoms with van der Waals surface area (Å²) in [7, 11) is 0. The van der Waals surface area contributed by atoms with Gasteiger partial charge in [-0.1, -0.05) is 73.6 Å². The number of nitrogens with zero attached hydrogens (tertiary/aromatic N) is 1. The van der Waals surface area contributed by atoms with Crippen molar-refractivity contribution in [3.63, 3.8) is 0 Å². The molecule has 0 radical (unpaired) electrons. The maximum absolute atomic E-state index is 12.0. The van der Waals surface area contributed by atoms with Gasteiger partial charge in [0, 0.05) is 0 Å². The molecule has 0 aromatic rings. The number of hydrogen-bond donors (Lipinski definition) is 1. The van der Waals surface area contributed by atoms with Crippen molar-refractivity contribution < 1.29 is 5.11 Å². The van der Waals surface area contributed by atoms with Crippen LogP contribution in [0.2, 0.25) is 0 Å². The molecule has 0 aromatic carbocycles. The van der Waals surface area contributed by atoms with E-state index in [1.165, 1.54) is 51.4 Å². The van der Waals surface area contributed by atoms with Crippen molar-refractivity contribution >= 4 is 0 Å². The summed E-state index contributed by atoms with van der Waals surface area (Å²) in [6.07, 6.45) is 14.6. The molecule has 8 unspecified atom stereocenters. The molecule has 0 aliphatic heterocycles. The van der Waals surface area contributed by atoms with Crippen molar-refractivity contribution in [3.05, 3.63) is 17.6 Å². The zero-order chi connectivity index (χ0) is 25.6. The average molecular weight is 490 g/mol. The van der Waals surface area contributed by atoms with Crippen LogP contribution in [-0.2, 0) is 0 Å². The molecule has 0 saturated heterocycles. The lowest BCUT2D eigenvalue weighted by Gasteiger charge is -2.72. The zero-order valence-electron chi connectivity index (χ0n) is 23.8. The molecule has 5 aliphatic rings. The van der Waals surface area contributed by atoms with E-state index in [0.717, 1.165) is 25.2 Å². The maximum Gasteiger partial charge on any atom is 0.106 e. The number of nitroso groups, excluding NO2 is 1. The lowest BCUT2D eigenvalue weighted by molar-refractivity contribution is -0.240. The molecule has 0 bridgehead atoms. The van der Waals surface area contributed by atoms with Crippen LogP contribution >= 0.6 is 0 Å². The molecule has 0 amide bonds. The van der Waals surface area contributed by atoms with Gasteiger partial charge in [0.2, 0.25) is 0 Å². The Morgan fingerprint density at radius 1 is 0.800 bits per heavy atom. The highest BCUT2D eigenvalue weighted by molar-refractivity contribution is 5.20. The maximum atomic E-state index is 12.0. The van der Waals surface area contributed by atoms with E-state index in [9.17, 15) is 10.0 Å². The highest BCUT2D eigenvalue weighted by Gasteiger charge is 2.70. The van der Waals surface area contributed by atoms with Crippen LogP contribution in [0.4, 0.5) is 0 Å². The van der Waals surface area contributed by atoms with Gasteiger partial charge in [0.25, 0.3) is 0 Å². The van der Waals surface area contributed by atoms with Crippen molar-refractivity contribution in [3.8, 4) is 0 Å². The Kier molecular flexibility index (Phi) is 9.23. The predicted octanol–water partition coefficient (Wildman–Crippen LogP) is 9.58. The molecule has 9 atom stereocenters. The second kappa shape index (κ2) is 10.6. The Hall–Kier alpha value is -0.700. The molecule has 0 spiro atoms. The molecule has 0 heterocycles. The summed E-state index contributed by atoms with van der Waals surface area (Å²) in [6, 6.07) is 0. The average Bonchev–Trinajstić information content (AvgIpc) is 3.24. The normalized spacial score (nSPS) is 49.0. The fourth-order valence-corrected chi connectivity index (χ4v) is 10.7. The van der Waals surface area contributed by atoms with E-state index in [4.69, 9.17) is 0 Å². The molecular formula is C32H59NO2. The minimum atomic E-state index is -0.231. The van der Waals surface area contributed by atoms with Gasteiger partial charge in [-0.15, -0.1) is 6.58 Å². The molecule has 3 heteroatoms. The second-order valence-corrected chi connectivity index (χ2v) is 13.6. The molecule has 5 fully saturated rings. The SMILES string of the molecule is C.C=CC.CC.CC1(C)C(O)CCC2(C)C1CCC1(C)C2CCC2C3CCCC3(N=O)CC[C@]21C. The molecule has 5 aliphatic carbocycles. The lowest BCUT2D eigenvalue weighted by Crippen LogP contribution is -2.66. The number of fused-ring (bicyclic) bond motifs is 7. The first-order valence-corrected chi connectivity index (χ1v) is 14.6. The quantitative estimate of drug-likeness (QED) is 0.294. The number of rotatable bonds is 1. The van der Waals surface area contributed by atoms with Gasteiger partial charge in [-0.25, -0.2) is 0 Å². The molecule has 1 N–H and O–H groups in total. The standard InChI is InChI=1S/C26H43NO2.C3H6.C2H6.CH4/c1-22(2)19-10-14-25(5)20(23(19,3)13-11-21(22)28)9-8-17-18-7-6-12-26(18,27-29)16-15-24(17,25)4;1-3-2;1-2;/h17-21,28H,6-16H2,1-5H3;3H,1H2,2H3;1-2H3;1H4/t17?,18?,19?,20?,21?,23?,24-,25?,26?;;;/m1.../s1. The van der Waals surface area contributed by atoms with Gasteiger partial charge in [0.15, 0.2) is 0 Å². The van der Waals surface area contributed by atoms with Crippen LogP contribution in [0.25, 0.3) is 0 Å². The number of aliphatic hydroxyl groups excluding tert-OH is 1. The molecule has 5 saturated carbocycles. The van der Waals surface area contributed by atoms with Crippen molar-refractivity contribution in [2.75, 3.05) is 0 Å². The van der Waals surface area contributed by atoms with Crippen LogP contribution in [0.15, 0.2) is 17.8 Å².